The smallest absolute Gasteiger partial charge is 0.365 e. The summed E-state index contributed by atoms with van der Waals surface area (Å²) in [6.45, 7) is 0. The Hall–Kier alpha value is -1.47. The summed E-state index contributed by atoms with van der Waals surface area (Å²) >= 11 is 8.08. The standard InChI is InChI=1S/C11H6BrClF2N2O2/c12-6-3-1-5(2-4-6)8-7(10(16)18)9(19-17-8)11(13,14)15/h1-4H,(H2,16,18). The van der Waals surface area contributed by atoms with Crippen LogP contribution in [0.4, 0.5) is 8.78 Å². The number of primary amides is 1. The highest BCUT2D eigenvalue weighted by Gasteiger charge is 2.40. The summed E-state index contributed by atoms with van der Waals surface area (Å²) in [4.78, 5) is 11.3. The molecule has 0 aliphatic carbocycles. The Morgan fingerprint density at radius 1 is 1.37 bits per heavy atom. The zero-order valence-corrected chi connectivity index (χ0v) is 11.5. The van der Waals surface area contributed by atoms with Crippen molar-refractivity contribution in [1.29, 1.82) is 0 Å². The van der Waals surface area contributed by atoms with Crippen LogP contribution in [0.5, 0.6) is 0 Å². The fraction of sp³-hybridized carbons (Fsp3) is 0.0909. The molecule has 0 saturated carbocycles. The number of aromatic nitrogens is 1. The number of carbonyl (C=O) groups is 1. The molecule has 0 fully saturated rings. The lowest BCUT2D eigenvalue weighted by molar-refractivity contribution is 0.0587. The third-order valence-corrected chi connectivity index (χ3v) is 3.01. The Balaban J connectivity index is 2.62. The van der Waals surface area contributed by atoms with Gasteiger partial charge in [0.25, 0.3) is 5.91 Å². The Morgan fingerprint density at radius 2 is 1.95 bits per heavy atom. The summed E-state index contributed by atoms with van der Waals surface area (Å²) in [6, 6.07) is 6.47. The summed E-state index contributed by atoms with van der Waals surface area (Å²) in [5.74, 6) is -2.14. The van der Waals surface area contributed by atoms with Crippen molar-refractivity contribution in [3.05, 3.63) is 40.1 Å². The van der Waals surface area contributed by atoms with Gasteiger partial charge in [-0.15, -0.1) is 0 Å². The van der Waals surface area contributed by atoms with Gasteiger partial charge in [0.1, 0.15) is 11.3 Å². The third kappa shape index (κ3) is 2.76. The van der Waals surface area contributed by atoms with Crippen molar-refractivity contribution in [3.63, 3.8) is 0 Å². The number of alkyl halides is 3. The number of carbonyl (C=O) groups excluding carboxylic acids is 1. The first kappa shape index (κ1) is 14.0. The van der Waals surface area contributed by atoms with Crippen LogP contribution < -0.4 is 5.73 Å². The van der Waals surface area contributed by atoms with Gasteiger partial charge in [0.15, 0.2) is 0 Å². The Kier molecular flexibility index (Phi) is 3.60. The highest BCUT2D eigenvalue weighted by atomic mass is 79.9. The lowest BCUT2D eigenvalue weighted by atomic mass is 10.1. The van der Waals surface area contributed by atoms with E-state index < -0.39 is 22.6 Å². The van der Waals surface area contributed by atoms with E-state index in [1.54, 1.807) is 24.3 Å². The number of nitrogens with two attached hydrogens (primary N) is 1. The van der Waals surface area contributed by atoms with Gasteiger partial charge in [-0.2, -0.15) is 8.78 Å². The molecule has 19 heavy (non-hydrogen) atoms. The molecular formula is C11H6BrClF2N2O2. The average molecular weight is 352 g/mol. The number of benzene rings is 1. The molecule has 1 aromatic heterocycles. The predicted octanol–water partition coefficient (Wildman–Crippen LogP) is 3.49. The minimum Gasteiger partial charge on any atom is -0.365 e. The van der Waals surface area contributed by atoms with E-state index in [1.165, 1.54) is 0 Å². The second kappa shape index (κ2) is 4.90. The molecule has 0 aliphatic rings. The van der Waals surface area contributed by atoms with Crippen molar-refractivity contribution < 1.29 is 18.1 Å². The van der Waals surface area contributed by atoms with Crippen LogP contribution in [0.25, 0.3) is 11.3 Å². The van der Waals surface area contributed by atoms with Gasteiger partial charge < -0.3 is 10.3 Å². The van der Waals surface area contributed by atoms with Crippen LogP contribution in [0.3, 0.4) is 0 Å². The number of rotatable bonds is 3. The first-order valence-electron chi connectivity index (χ1n) is 4.93. The van der Waals surface area contributed by atoms with Gasteiger partial charge in [0.2, 0.25) is 5.76 Å². The monoisotopic (exact) mass is 350 g/mol. The Morgan fingerprint density at radius 3 is 2.42 bits per heavy atom. The van der Waals surface area contributed by atoms with E-state index in [1.807, 2.05) is 0 Å². The second-order valence-corrected chi connectivity index (χ2v) is 4.99. The van der Waals surface area contributed by atoms with Gasteiger partial charge in [-0.05, 0) is 23.7 Å². The van der Waals surface area contributed by atoms with Crippen molar-refractivity contribution >= 4 is 33.4 Å². The molecule has 1 aromatic carbocycles. The van der Waals surface area contributed by atoms with Crippen molar-refractivity contribution in [2.75, 3.05) is 0 Å². The quantitative estimate of drug-likeness (QED) is 0.861. The molecule has 0 aliphatic heterocycles. The van der Waals surface area contributed by atoms with Gasteiger partial charge in [-0.1, -0.05) is 33.2 Å². The van der Waals surface area contributed by atoms with Crippen molar-refractivity contribution in [3.8, 4) is 11.3 Å². The van der Waals surface area contributed by atoms with Crippen molar-refractivity contribution in [1.82, 2.24) is 5.16 Å². The molecule has 1 heterocycles. The molecule has 2 N–H and O–H groups in total. The summed E-state index contributed by atoms with van der Waals surface area (Å²) < 4.78 is 31.4. The molecule has 0 spiro atoms. The SMILES string of the molecule is NC(=O)c1c(-c2ccc(Br)cc2)noc1C(F)(F)Cl. The normalized spacial score (nSPS) is 11.6. The zero-order chi connectivity index (χ0) is 14.2. The molecule has 2 aromatic rings. The van der Waals surface area contributed by atoms with Crippen LogP contribution in [0.1, 0.15) is 16.1 Å². The van der Waals surface area contributed by atoms with Gasteiger partial charge in [-0.25, -0.2) is 0 Å². The van der Waals surface area contributed by atoms with Crippen LogP contribution in [0.2, 0.25) is 0 Å². The molecule has 0 bridgehead atoms. The minimum absolute atomic E-state index is 0.0738. The highest BCUT2D eigenvalue weighted by molar-refractivity contribution is 9.10. The average Bonchev–Trinajstić information content (AvgIpc) is 2.74. The molecule has 2 rings (SSSR count). The largest absolute Gasteiger partial charge is 0.383 e. The summed E-state index contributed by atoms with van der Waals surface area (Å²) in [5.41, 5.74) is 4.89. The van der Waals surface area contributed by atoms with Crippen molar-refractivity contribution in [2.45, 2.75) is 5.38 Å². The first-order valence-corrected chi connectivity index (χ1v) is 6.10. The molecule has 0 unspecified atom stereocenters. The molecule has 4 nitrogen and oxygen atoms in total. The number of hydrogen-bond acceptors (Lipinski definition) is 3. The zero-order valence-electron chi connectivity index (χ0n) is 9.16. The number of amides is 1. The maximum atomic E-state index is 13.1. The Bertz CT molecular complexity index is 623. The molecule has 100 valence electrons. The van der Waals surface area contributed by atoms with E-state index in [0.29, 0.717) is 5.56 Å². The number of halogens is 4. The van der Waals surface area contributed by atoms with E-state index in [0.717, 1.165) is 4.47 Å². The maximum absolute atomic E-state index is 13.1. The molecule has 0 saturated heterocycles. The summed E-state index contributed by atoms with van der Waals surface area (Å²) in [7, 11) is 0. The topological polar surface area (TPSA) is 69.1 Å². The van der Waals surface area contributed by atoms with Gasteiger partial charge in [-0.3, -0.25) is 4.79 Å². The highest BCUT2D eigenvalue weighted by Crippen LogP contribution is 2.38. The predicted molar refractivity (Wildman–Crippen MR) is 67.9 cm³/mol. The molecular weight excluding hydrogens is 345 g/mol. The number of hydrogen-bond donors (Lipinski definition) is 1. The van der Waals surface area contributed by atoms with E-state index in [4.69, 9.17) is 17.3 Å². The first-order chi connectivity index (χ1) is 8.80. The summed E-state index contributed by atoms with van der Waals surface area (Å²) in [6.07, 6.45) is 0. The van der Waals surface area contributed by atoms with Crippen LogP contribution in [0.15, 0.2) is 33.3 Å². The van der Waals surface area contributed by atoms with E-state index in [-0.39, 0.29) is 5.69 Å². The van der Waals surface area contributed by atoms with E-state index in [9.17, 15) is 13.6 Å². The Labute approximate surface area is 119 Å². The van der Waals surface area contributed by atoms with Gasteiger partial charge in [0, 0.05) is 10.0 Å². The fourth-order valence-electron chi connectivity index (χ4n) is 1.52. The van der Waals surface area contributed by atoms with E-state index >= 15 is 0 Å². The van der Waals surface area contributed by atoms with Crippen LogP contribution in [0, 0.1) is 0 Å². The fourth-order valence-corrected chi connectivity index (χ4v) is 1.91. The van der Waals surface area contributed by atoms with Crippen LogP contribution in [-0.2, 0) is 5.38 Å². The molecule has 1 amide bonds. The van der Waals surface area contributed by atoms with Gasteiger partial charge >= 0.3 is 5.38 Å². The third-order valence-electron chi connectivity index (χ3n) is 2.31. The summed E-state index contributed by atoms with van der Waals surface area (Å²) in [5, 5.41) is -0.408. The van der Waals surface area contributed by atoms with Crippen molar-refractivity contribution in [2.24, 2.45) is 5.73 Å². The maximum Gasteiger partial charge on any atom is 0.383 e. The minimum atomic E-state index is -3.86. The molecule has 0 radical (unpaired) electrons. The lowest BCUT2D eigenvalue weighted by Crippen LogP contribution is -2.17. The molecule has 0 atom stereocenters. The lowest BCUT2D eigenvalue weighted by Gasteiger charge is -2.04. The second-order valence-electron chi connectivity index (χ2n) is 3.60. The molecule has 8 heteroatoms. The van der Waals surface area contributed by atoms with E-state index in [2.05, 4.69) is 25.6 Å². The van der Waals surface area contributed by atoms with Crippen LogP contribution >= 0.6 is 27.5 Å². The number of nitrogens with zero attached hydrogens (tertiary/aromatic N) is 1. The van der Waals surface area contributed by atoms with Crippen LogP contribution in [-0.4, -0.2) is 11.1 Å². The van der Waals surface area contributed by atoms with Gasteiger partial charge in [0.05, 0.1) is 0 Å².